The van der Waals surface area contributed by atoms with Gasteiger partial charge in [-0.15, -0.1) is 0 Å². The van der Waals surface area contributed by atoms with Crippen LogP contribution in [0.3, 0.4) is 0 Å². The highest BCUT2D eigenvalue weighted by Crippen LogP contribution is 2.34. The molecule has 1 heterocycles. The maximum Gasteiger partial charge on any atom is 0.0332 e. The zero-order valence-electron chi connectivity index (χ0n) is 9.10. The Labute approximate surface area is 108 Å². The molecule has 0 amide bonds. The van der Waals surface area contributed by atoms with Crippen LogP contribution in [0.25, 0.3) is 21.9 Å². The van der Waals surface area contributed by atoms with Crippen LogP contribution in [-0.2, 0) is 0 Å². The molecule has 17 heavy (non-hydrogen) atoms. The lowest BCUT2D eigenvalue weighted by Gasteiger charge is -2.07. The summed E-state index contributed by atoms with van der Waals surface area (Å²) in [6.45, 7) is 0. The Kier molecular flexibility index (Phi) is 2.65. The van der Waals surface area contributed by atoms with Crippen molar-refractivity contribution in [2.45, 2.75) is 0 Å². The number of benzene rings is 2. The van der Waals surface area contributed by atoms with Gasteiger partial charge in [0.25, 0.3) is 0 Å². The summed E-state index contributed by atoms with van der Waals surface area (Å²) in [5.74, 6) is 0. The minimum absolute atomic E-state index is 1.14. The van der Waals surface area contributed by atoms with Crippen LogP contribution >= 0.6 is 15.9 Å². The Morgan fingerprint density at radius 2 is 1.59 bits per heavy atom. The number of halogens is 1. The van der Waals surface area contributed by atoms with E-state index in [2.05, 4.69) is 57.3 Å². The summed E-state index contributed by atoms with van der Waals surface area (Å²) in [7, 11) is 0. The van der Waals surface area contributed by atoms with Gasteiger partial charge in [-0.25, -0.2) is 0 Å². The molecule has 3 aromatic rings. The van der Waals surface area contributed by atoms with Crippen LogP contribution in [0.1, 0.15) is 0 Å². The van der Waals surface area contributed by atoms with E-state index in [0.29, 0.717) is 0 Å². The molecule has 0 aliphatic heterocycles. The molecule has 82 valence electrons. The molecule has 2 heteroatoms. The first-order valence-electron chi connectivity index (χ1n) is 5.44. The standard InChI is InChI=1S/C15H10BrN/c16-15-13-4-2-1-3-11(13)5-6-14(15)12-7-9-17-10-8-12/h1-10H. The van der Waals surface area contributed by atoms with Gasteiger partial charge >= 0.3 is 0 Å². The fraction of sp³-hybridized carbons (Fsp3) is 0. The topological polar surface area (TPSA) is 12.9 Å². The van der Waals surface area contributed by atoms with Crippen LogP contribution in [0.5, 0.6) is 0 Å². The van der Waals surface area contributed by atoms with Gasteiger partial charge in [-0.2, -0.15) is 0 Å². The first-order chi connectivity index (χ1) is 8.36. The van der Waals surface area contributed by atoms with Crippen LogP contribution in [-0.4, -0.2) is 4.98 Å². The molecule has 0 unspecified atom stereocenters. The van der Waals surface area contributed by atoms with Crippen LogP contribution in [0, 0.1) is 0 Å². The minimum atomic E-state index is 1.14. The second-order valence-electron chi connectivity index (χ2n) is 3.88. The third-order valence-corrected chi connectivity index (χ3v) is 3.71. The van der Waals surface area contributed by atoms with E-state index in [9.17, 15) is 0 Å². The average Bonchev–Trinajstić information content (AvgIpc) is 2.40. The van der Waals surface area contributed by atoms with Crippen LogP contribution in [0.4, 0.5) is 0 Å². The minimum Gasteiger partial charge on any atom is -0.265 e. The van der Waals surface area contributed by atoms with Gasteiger partial charge in [-0.1, -0.05) is 36.4 Å². The SMILES string of the molecule is Brc1c(-c2ccncc2)ccc2ccccc12. The van der Waals surface area contributed by atoms with Gasteiger partial charge in [0, 0.05) is 16.9 Å². The van der Waals surface area contributed by atoms with E-state index in [4.69, 9.17) is 0 Å². The molecule has 3 rings (SSSR count). The normalized spacial score (nSPS) is 10.6. The number of nitrogens with zero attached hydrogens (tertiary/aromatic N) is 1. The average molecular weight is 284 g/mol. The largest absolute Gasteiger partial charge is 0.265 e. The third kappa shape index (κ3) is 1.85. The molecule has 0 saturated carbocycles. The fourth-order valence-electron chi connectivity index (χ4n) is 1.99. The Balaban J connectivity index is 2.29. The van der Waals surface area contributed by atoms with Crippen LogP contribution < -0.4 is 0 Å². The van der Waals surface area contributed by atoms with Gasteiger partial charge in [0.15, 0.2) is 0 Å². The van der Waals surface area contributed by atoms with Crippen molar-refractivity contribution >= 4 is 26.7 Å². The summed E-state index contributed by atoms with van der Waals surface area (Å²) in [6.07, 6.45) is 3.63. The van der Waals surface area contributed by atoms with E-state index in [-0.39, 0.29) is 0 Å². The van der Waals surface area contributed by atoms with Crippen molar-refractivity contribution in [2.24, 2.45) is 0 Å². The van der Waals surface area contributed by atoms with Gasteiger partial charge in [0.2, 0.25) is 0 Å². The lowest BCUT2D eigenvalue weighted by molar-refractivity contribution is 1.33. The van der Waals surface area contributed by atoms with Gasteiger partial charge in [-0.05, 0) is 50.0 Å². The molecule has 0 aliphatic carbocycles. The Bertz CT molecular complexity index is 662. The van der Waals surface area contributed by atoms with Crippen molar-refractivity contribution in [1.82, 2.24) is 4.98 Å². The first kappa shape index (κ1) is 10.5. The lowest BCUT2D eigenvalue weighted by atomic mass is 10.0. The molecule has 0 saturated heterocycles. The van der Waals surface area contributed by atoms with Gasteiger partial charge in [0.05, 0.1) is 0 Å². The lowest BCUT2D eigenvalue weighted by Crippen LogP contribution is -1.82. The predicted molar refractivity (Wildman–Crippen MR) is 74.9 cm³/mol. The van der Waals surface area contributed by atoms with Crippen molar-refractivity contribution in [3.63, 3.8) is 0 Å². The van der Waals surface area contributed by atoms with E-state index in [0.717, 1.165) is 4.47 Å². The first-order valence-corrected chi connectivity index (χ1v) is 6.23. The smallest absolute Gasteiger partial charge is 0.0332 e. The molecule has 0 fully saturated rings. The van der Waals surface area contributed by atoms with Crippen molar-refractivity contribution in [1.29, 1.82) is 0 Å². The van der Waals surface area contributed by atoms with E-state index < -0.39 is 0 Å². The summed E-state index contributed by atoms with van der Waals surface area (Å²) < 4.78 is 1.14. The zero-order valence-corrected chi connectivity index (χ0v) is 10.7. The third-order valence-electron chi connectivity index (χ3n) is 2.85. The second-order valence-corrected chi connectivity index (χ2v) is 4.68. The predicted octanol–water partition coefficient (Wildman–Crippen LogP) is 4.66. The molecule has 0 atom stereocenters. The Hall–Kier alpha value is -1.67. The monoisotopic (exact) mass is 283 g/mol. The summed E-state index contributed by atoms with van der Waals surface area (Å²) in [6, 6.07) is 16.7. The number of rotatable bonds is 1. The van der Waals surface area contributed by atoms with Crippen LogP contribution in [0.15, 0.2) is 65.4 Å². The van der Waals surface area contributed by atoms with E-state index >= 15 is 0 Å². The Morgan fingerprint density at radius 3 is 2.41 bits per heavy atom. The van der Waals surface area contributed by atoms with Crippen molar-refractivity contribution in [3.05, 3.63) is 65.4 Å². The number of hydrogen-bond acceptors (Lipinski definition) is 1. The molecular weight excluding hydrogens is 274 g/mol. The van der Waals surface area contributed by atoms with Crippen LogP contribution in [0.2, 0.25) is 0 Å². The Morgan fingerprint density at radius 1 is 0.824 bits per heavy atom. The summed E-state index contributed by atoms with van der Waals surface area (Å²) >= 11 is 3.70. The van der Waals surface area contributed by atoms with E-state index in [1.807, 2.05) is 24.5 Å². The zero-order chi connectivity index (χ0) is 11.7. The fourth-order valence-corrected chi connectivity index (χ4v) is 2.71. The van der Waals surface area contributed by atoms with Gasteiger partial charge in [0.1, 0.15) is 0 Å². The van der Waals surface area contributed by atoms with E-state index in [1.54, 1.807) is 0 Å². The summed E-state index contributed by atoms with van der Waals surface area (Å²) in [5.41, 5.74) is 2.38. The summed E-state index contributed by atoms with van der Waals surface area (Å²) in [5, 5.41) is 2.49. The quantitative estimate of drug-likeness (QED) is 0.633. The van der Waals surface area contributed by atoms with Gasteiger partial charge < -0.3 is 0 Å². The van der Waals surface area contributed by atoms with E-state index in [1.165, 1.54) is 21.9 Å². The molecule has 0 spiro atoms. The molecule has 0 bridgehead atoms. The number of aromatic nitrogens is 1. The van der Waals surface area contributed by atoms with Gasteiger partial charge in [-0.3, -0.25) is 4.98 Å². The number of hydrogen-bond donors (Lipinski definition) is 0. The molecule has 0 aliphatic rings. The maximum atomic E-state index is 4.05. The van der Waals surface area contributed by atoms with Crippen molar-refractivity contribution < 1.29 is 0 Å². The highest BCUT2D eigenvalue weighted by atomic mass is 79.9. The molecule has 2 aromatic carbocycles. The van der Waals surface area contributed by atoms with Crippen molar-refractivity contribution in [3.8, 4) is 11.1 Å². The molecule has 1 nitrogen and oxygen atoms in total. The molecule has 1 aromatic heterocycles. The molecule has 0 N–H and O–H groups in total. The van der Waals surface area contributed by atoms with Crippen molar-refractivity contribution in [2.75, 3.05) is 0 Å². The summed E-state index contributed by atoms with van der Waals surface area (Å²) in [4.78, 5) is 4.05. The highest BCUT2D eigenvalue weighted by molar-refractivity contribution is 9.10. The maximum absolute atomic E-state index is 4.05. The molecular formula is C15H10BrN. The molecule has 0 radical (unpaired) electrons. The number of fused-ring (bicyclic) bond motifs is 1. The highest BCUT2D eigenvalue weighted by Gasteiger charge is 2.06. The number of pyridine rings is 1. The second kappa shape index (κ2) is 4.30.